The van der Waals surface area contributed by atoms with Crippen molar-refractivity contribution < 1.29 is 9.53 Å². The zero-order chi connectivity index (χ0) is 14.6. The molecule has 1 N–H and O–H groups in total. The Labute approximate surface area is 119 Å². The van der Waals surface area contributed by atoms with Crippen LogP contribution in [0.15, 0.2) is 6.07 Å². The van der Waals surface area contributed by atoms with Gasteiger partial charge in [0.2, 0.25) is 0 Å². The number of rotatable bonds is 3. The second kappa shape index (κ2) is 6.12. The summed E-state index contributed by atoms with van der Waals surface area (Å²) in [6.45, 7) is 10.2. The van der Waals surface area contributed by atoms with Crippen LogP contribution in [-0.4, -0.2) is 19.1 Å². The Morgan fingerprint density at radius 1 is 1.42 bits per heavy atom. The molecule has 0 aliphatic rings. The van der Waals surface area contributed by atoms with Crippen LogP contribution in [0.1, 0.15) is 49.2 Å². The van der Waals surface area contributed by atoms with Gasteiger partial charge in [0.25, 0.3) is 0 Å². The molecule has 1 rings (SSSR count). The lowest BCUT2D eigenvalue weighted by Crippen LogP contribution is -2.12. The molecule has 0 fully saturated rings. The molecular weight excluding hydrogens is 258 g/mol. The average Bonchev–Trinajstić information content (AvgIpc) is 2.67. The van der Waals surface area contributed by atoms with Crippen molar-refractivity contribution in [3.63, 3.8) is 0 Å². The highest BCUT2D eigenvalue weighted by atomic mass is 32.1. The third-order valence-electron chi connectivity index (χ3n) is 2.11. The first-order valence-corrected chi connectivity index (χ1v) is 7.06. The van der Waals surface area contributed by atoms with Crippen molar-refractivity contribution in [3.05, 3.63) is 15.8 Å². The van der Waals surface area contributed by atoms with Crippen LogP contribution in [0.3, 0.4) is 0 Å². The van der Waals surface area contributed by atoms with Crippen molar-refractivity contribution in [2.45, 2.75) is 40.7 Å². The molecule has 1 heterocycles. The summed E-state index contributed by atoms with van der Waals surface area (Å²) in [6, 6.07) is 2.16. The van der Waals surface area contributed by atoms with Crippen LogP contribution < -0.4 is 5.32 Å². The molecule has 0 saturated heterocycles. The van der Waals surface area contributed by atoms with Gasteiger partial charge in [-0.05, 0) is 40.7 Å². The number of nitrogens with one attached hydrogen (secondary N) is 1. The third kappa shape index (κ3) is 4.96. The molecule has 1 aromatic rings. The van der Waals surface area contributed by atoms with E-state index in [2.05, 4.69) is 37.9 Å². The monoisotopic (exact) mass is 279 g/mol. The molecule has 0 aromatic carbocycles. The molecule has 0 unspecified atom stereocenters. The molecule has 104 valence electrons. The lowest BCUT2D eigenvalue weighted by atomic mass is 9.98. The molecule has 0 amide bonds. The fourth-order valence-electron chi connectivity index (χ4n) is 1.36. The minimum Gasteiger partial charge on any atom is -0.465 e. The number of carbonyl (C=O) groups is 1. The fourth-order valence-corrected chi connectivity index (χ4v) is 2.26. The predicted octanol–water partition coefficient (Wildman–Crippen LogP) is 3.75. The first kappa shape index (κ1) is 15.6. The smallest absolute Gasteiger partial charge is 0.350 e. The summed E-state index contributed by atoms with van der Waals surface area (Å²) < 4.78 is 4.80. The van der Waals surface area contributed by atoms with Crippen LogP contribution in [0.2, 0.25) is 0 Å². The number of hydrogen-bond acceptors (Lipinski definition) is 4. The molecular formula is C15H21NO2S. The molecule has 1 aromatic heterocycles. The fraction of sp³-hybridized carbons (Fsp3) is 0.533. The summed E-state index contributed by atoms with van der Waals surface area (Å²) >= 11 is 1.36. The molecule has 4 heteroatoms. The highest BCUT2D eigenvalue weighted by Crippen LogP contribution is 2.28. The number of hydrogen-bond donors (Lipinski definition) is 1. The zero-order valence-electron chi connectivity index (χ0n) is 12.4. The van der Waals surface area contributed by atoms with E-state index in [-0.39, 0.29) is 17.4 Å². The van der Waals surface area contributed by atoms with Crippen LogP contribution in [0.5, 0.6) is 0 Å². The maximum atomic E-state index is 11.7. The van der Waals surface area contributed by atoms with E-state index in [0.29, 0.717) is 4.88 Å². The number of carbonyl (C=O) groups excluding carboxylic acids is 1. The number of esters is 1. The Kier molecular flexibility index (Phi) is 5.02. The van der Waals surface area contributed by atoms with E-state index in [4.69, 9.17) is 4.74 Å². The van der Waals surface area contributed by atoms with Crippen molar-refractivity contribution in [3.8, 4) is 11.8 Å². The molecule has 3 nitrogen and oxygen atoms in total. The van der Waals surface area contributed by atoms with Gasteiger partial charge in [0.1, 0.15) is 4.88 Å². The average molecular weight is 279 g/mol. The second-order valence-electron chi connectivity index (χ2n) is 5.64. The minimum absolute atomic E-state index is 0.0545. The van der Waals surface area contributed by atoms with Crippen LogP contribution in [0.4, 0.5) is 5.69 Å². The maximum Gasteiger partial charge on any atom is 0.350 e. The second-order valence-corrected chi connectivity index (χ2v) is 6.70. The van der Waals surface area contributed by atoms with Crippen molar-refractivity contribution >= 4 is 23.0 Å². The van der Waals surface area contributed by atoms with E-state index in [1.165, 1.54) is 18.4 Å². The van der Waals surface area contributed by atoms with Crippen LogP contribution in [-0.2, 0) is 4.74 Å². The van der Waals surface area contributed by atoms with Gasteiger partial charge < -0.3 is 10.1 Å². The van der Waals surface area contributed by atoms with Gasteiger partial charge in [-0.2, -0.15) is 0 Å². The molecule has 0 saturated carbocycles. The lowest BCUT2D eigenvalue weighted by Gasteiger charge is -2.09. The van der Waals surface area contributed by atoms with E-state index < -0.39 is 0 Å². The van der Waals surface area contributed by atoms with Gasteiger partial charge in [-0.3, -0.25) is 0 Å². The highest BCUT2D eigenvalue weighted by molar-refractivity contribution is 7.15. The molecule has 0 aliphatic carbocycles. The van der Waals surface area contributed by atoms with E-state index in [1.54, 1.807) is 0 Å². The van der Waals surface area contributed by atoms with E-state index in [0.717, 1.165) is 10.6 Å². The molecule has 0 aliphatic heterocycles. The molecule has 0 bridgehead atoms. The first-order chi connectivity index (χ1) is 8.73. The molecule has 0 radical (unpaired) electrons. The van der Waals surface area contributed by atoms with Gasteiger partial charge >= 0.3 is 5.97 Å². The molecule has 0 spiro atoms. The number of methoxy groups -OCH3 is 1. The first-order valence-electron chi connectivity index (χ1n) is 6.25. The molecule has 0 atom stereocenters. The summed E-state index contributed by atoms with van der Waals surface area (Å²) in [4.78, 5) is 13.2. The van der Waals surface area contributed by atoms with Gasteiger partial charge in [-0.15, -0.1) is 11.3 Å². The van der Waals surface area contributed by atoms with Crippen LogP contribution >= 0.6 is 11.3 Å². The number of ether oxygens (including phenoxy) is 1. The van der Waals surface area contributed by atoms with Gasteiger partial charge in [-0.25, -0.2) is 4.79 Å². The maximum absolute atomic E-state index is 11.7. The zero-order valence-corrected chi connectivity index (χ0v) is 13.2. The van der Waals surface area contributed by atoms with Crippen molar-refractivity contribution in [1.82, 2.24) is 0 Å². The summed E-state index contributed by atoms with van der Waals surface area (Å²) in [5.74, 6) is 5.97. The number of anilines is 1. The molecule has 19 heavy (non-hydrogen) atoms. The Morgan fingerprint density at radius 3 is 2.53 bits per heavy atom. The number of thiophene rings is 1. The lowest BCUT2D eigenvalue weighted by molar-refractivity contribution is 0.0607. The summed E-state index contributed by atoms with van der Waals surface area (Å²) in [5.41, 5.74) is 0.742. The Hall–Kier alpha value is -1.47. The summed E-state index contributed by atoms with van der Waals surface area (Å²) in [5, 5.41) is 3.25. The third-order valence-corrected chi connectivity index (χ3v) is 3.14. The van der Waals surface area contributed by atoms with Crippen molar-refractivity contribution in [2.24, 2.45) is 5.41 Å². The standard InChI is InChI=1S/C15H21NO2S/c1-10(2)16-12-9-11(7-8-15(3,4)5)19-13(12)14(17)18-6/h9-10,16H,1-6H3. The van der Waals surface area contributed by atoms with E-state index in [9.17, 15) is 4.79 Å². The van der Waals surface area contributed by atoms with E-state index in [1.807, 2.05) is 19.9 Å². The van der Waals surface area contributed by atoms with E-state index >= 15 is 0 Å². The quantitative estimate of drug-likeness (QED) is 0.676. The van der Waals surface area contributed by atoms with Crippen molar-refractivity contribution in [2.75, 3.05) is 12.4 Å². The normalized spacial score (nSPS) is 10.9. The van der Waals surface area contributed by atoms with Gasteiger partial charge in [0.15, 0.2) is 0 Å². The Balaban J connectivity index is 3.12. The SMILES string of the molecule is COC(=O)c1sc(C#CC(C)(C)C)cc1NC(C)C. The van der Waals surface area contributed by atoms with Crippen molar-refractivity contribution in [1.29, 1.82) is 0 Å². The van der Waals surface area contributed by atoms with Gasteiger partial charge in [-0.1, -0.05) is 11.8 Å². The van der Waals surface area contributed by atoms with Crippen LogP contribution in [0, 0.1) is 17.3 Å². The largest absolute Gasteiger partial charge is 0.465 e. The predicted molar refractivity (Wildman–Crippen MR) is 80.8 cm³/mol. The Morgan fingerprint density at radius 2 is 2.05 bits per heavy atom. The minimum atomic E-state index is -0.322. The highest BCUT2D eigenvalue weighted by Gasteiger charge is 2.17. The van der Waals surface area contributed by atoms with Crippen LogP contribution in [0.25, 0.3) is 0 Å². The van der Waals surface area contributed by atoms with Gasteiger partial charge in [0.05, 0.1) is 17.7 Å². The summed E-state index contributed by atoms with van der Waals surface area (Å²) in [6.07, 6.45) is 0. The Bertz CT molecular complexity index is 512. The summed E-state index contributed by atoms with van der Waals surface area (Å²) in [7, 11) is 1.39. The topological polar surface area (TPSA) is 38.3 Å². The van der Waals surface area contributed by atoms with Gasteiger partial charge in [0, 0.05) is 11.5 Å².